The first-order chi connectivity index (χ1) is 9.13. The van der Waals surface area contributed by atoms with Gasteiger partial charge in [0.25, 0.3) is 0 Å². The number of hydrogen-bond acceptors (Lipinski definition) is 2. The second-order valence-electron chi connectivity index (χ2n) is 5.19. The second kappa shape index (κ2) is 8.75. The van der Waals surface area contributed by atoms with Gasteiger partial charge in [0.1, 0.15) is 0 Å². The molecule has 3 nitrogen and oxygen atoms in total. The number of nitrogens with two attached hydrogens (primary N) is 1. The molecule has 0 bridgehead atoms. The van der Waals surface area contributed by atoms with Crippen molar-refractivity contribution in [1.82, 2.24) is 9.78 Å². The number of aromatic nitrogens is 2. The van der Waals surface area contributed by atoms with Crippen LogP contribution in [0.5, 0.6) is 0 Å². The van der Waals surface area contributed by atoms with E-state index in [0.29, 0.717) is 0 Å². The Kier molecular flexibility index (Phi) is 7.69. The van der Waals surface area contributed by atoms with E-state index in [4.69, 9.17) is 5.73 Å². The van der Waals surface area contributed by atoms with E-state index >= 15 is 0 Å². The monoisotopic (exact) mass is 329 g/mol. The third kappa shape index (κ3) is 4.92. The maximum atomic E-state index is 6.27. The van der Waals surface area contributed by atoms with E-state index in [2.05, 4.69) is 46.5 Å². The fourth-order valence-corrected chi connectivity index (χ4v) is 3.12. The second-order valence-corrected chi connectivity index (χ2v) is 5.98. The summed E-state index contributed by atoms with van der Waals surface area (Å²) in [5.41, 5.74) is 8.68. The van der Waals surface area contributed by atoms with E-state index in [9.17, 15) is 0 Å². The average molecular weight is 330 g/mol. The smallest absolute Gasteiger partial charge is 0.0766 e. The van der Waals surface area contributed by atoms with Gasteiger partial charge in [-0.2, -0.15) is 5.10 Å². The molecule has 0 aromatic carbocycles. The SMILES string of the molecule is CCCCCCC(N)Cc1c(Br)c(CC)nn1CC. The summed E-state index contributed by atoms with van der Waals surface area (Å²) in [5, 5.41) is 4.62. The fourth-order valence-electron chi connectivity index (χ4n) is 2.40. The molecule has 1 atom stereocenters. The van der Waals surface area contributed by atoms with Crippen LogP contribution in [0.3, 0.4) is 0 Å². The molecular weight excluding hydrogens is 302 g/mol. The van der Waals surface area contributed by atoms with Crippen LogP contribution in [0.15, 0.2) is 4.47 Å². The van der Waals surface area contributed by atoms with Crippen LogP contribution in [0.2, 0.25) is 0 Å². The van der Waals surface area contributed by atoms with E-state index < -0.39 is 0 Å². The minimum absolute atomic E-state index is 0.250. The molecule has 0 radical (unpaired) electrons. The summed E-state index contributed by atoms with van der Waals surface area (Å²) in [5.74, 6) is 0. The molecule has 0 aliphatic rings. The van der Waals surface area contributed by atoms with Gasteiger partial charge in [-0.25, -0.2) is 0 Å². The van der Waals surface area contributed by atoms with Crippen molar-refractivity contribution in [3.8, 4) is 0 Å². The Balaban J connectivity index is 2.57. The van der Waals surface area contributed by atoms with Crippen molar-refractivity contribution in [2.75, 3.05) is 0 Å². The molecule has 0 spiro atoms. The number of hydrogen-bond donors (Lipinski definition) is 1. The molecule has 0 amide bonds. The number of unbranched alkanes of at least 4 members (excludes halogenated alkanes) is 3. The summed E-state index contributed by atoms with van der Waals surface area (Å²) in [7, 11) is 0. The third-order valence-electron chi connectivity index (χ3n) is 3.58. The van der Waals surface area contributed by atoms with Crippen LogP contribution in [0.25, 0.3) is 0 Å². The van der Waals surface area contributed by atoms with Gasteiger partial charge in [0.05, 0.1) is 15.9 Å². The van der Waals surface area contributed by atoms with Crippen molar-refractivity contribution in [2.45, 2.75) is 78.3 Å². The van der Waals surface area contributed by atoms with Crippen LogP contribution < -0.4 is 5.73 Å². The normalized spacial score (nSPS) is 12.9. The van der Waals surface area contributed by atoms with Gasteiger partial charge in [0.15, 0.2) is 0 Å². The summed E-state index contributed by atoms with van der Waals surface area (Å²) >= 11 is 3.69. The number of halogens is 1. The molecule has 0 aliphatic carbocycles. The van der Waals surface area contributed by atoms with E-state index in [1.165, 1.54) is 35.8 Å². The van der Waals surface area contributed by atoms with Crippen LogP contribution in [0, 0.1) is 0 Å². The van der Waals surface area contributed by atoms with Gasteiger partial charge in [0.2, 0.25) is 0 Å². The lowest BCUT2D eigenvalue weighted by Gasteiger charge is -2.13. The Morgan fingerprint density at radius 3 is 2.53 bits per heavy atom. The van der Waals surface area contributed by atoms with Crippen LogP contribution in [-0.4, -0.2) is 15.8 Å². The summed E-state index contributed by atoms with van der Waals surface area (Å²) < 4.78 is 3.26. The molecule has 1 aromatic rings. The summed E-state index contributed by atoms with van der Waals surface area (Å²) in [6.45, 7) is 7.43. The molecule has 1 aromatic heterocycles. The first-order valence-corrected chi connectivity index (χ1v) is 8.42. The Hall–Kier alpha value is -0.350. The Bertz CT molecular complexity index is 374. The third-order valence-corrected chi connectivity index (χ3v) is 4.49. The highest BCUT2D eigenvalue weighted by atomic mass is 79.9. The van der Waals surface area contributed by atoms with Crippen LogP contribution in [0.4, 0.5) is 0 Å². The van der Waals surface area contributed by atoms with Gasteiger partial charge < -0.3 is 5.73 Å². The lowest BCUT2D eigenvalue weighted by Crippen LogP contribution is -2.24. The molecule has 1 unspecified atom stereocenters. The zero-order valence-corrected chi connectivity index (χ0v) is 14.2. The van der Waals surface area contributed by atoms with Gasteiger partial charge in [-0.3, -0.25) is 4.68 Å². The molecule has 4 heteroatoms. The van der Waals surface area contributed by atoms with Gasteiger partial charge in [-0.15, -0.1) is 0 Å². The van der Waals surface area contributed by atoms with Crippen LogP contribution in [-0.2, 0) is 19.4 Å². The van der Waals surface area contributed by atoms with E-state index in [1.54, 1.807) is 0 Å². The van der Waals surface area contributed by atoms with Crippen molar-refractivity contribution < 1.29 is 0 Å². The molecule has 0 saturated carbocycles. The maximum Gasteiger partial charge on any atom is 0.0766 e. The van der Waals surface area contributed by atoms with Gasteiger partial charge in [-0.05, 0) is 35.7 Å². The first kappa shape index (κ1) is 16.7. The zero-order valence-electron chi connectivity index (χ0n) is 12.6. The lowest BCUT2D eigenvalue weighted by atomic mass is 10.0. The summed E-state index contributed by atoms with van der Waals surface area (Å²) in [4.78, 5) is 0. The minimum Gasteiger partial charge on any atom is -0.327 e. The van der Waals surface area contributed by atoms with Crippen LogP contribution in [0.1, 0.15) is 64.3 Å². The summed E-state index contributed by atoms with van der Waals surface area (Å²) in [6.07, 6.45) is 8.15. The summed E-state index contributed by atoms with van der Waals surface area (Å²) in [6, 6.07) is 0.250. The lowest BCUT2D eigenvalue weighted by molar-refractivity contribution is 0.520. The predicted octanol–water partition coefficient (Wildman–Crippen LogP) is 4.07. The topological polar surface area (TPSA) is 43.8 Å². The molecule has 0 fully saturated rings. The Morgan fingerprint density at radius 2 is 1.95 bits per heavy atom. The molecule has 1 heterocycles. The molecule has 0 aliphatic heterocycles. The maximum absolute atomic E-state index is 6.27. The molecule has 0 saturated heterocycles. The molecule has 110 valence electrons. The Labute approximate surface area is 126 Å². The Morgan fingerprint density at radius 1 is 1.21 bits per heavy atom. The van der Waals surface area contributed by atoms with Crippen molar-refractivity contribution in [3.63, 3.8) is 0 Å². The average Bonchev–Trinajstić information content (AvgIpc) is 2.71. The number of aryl methyl sites for hydroxylation is 2. The van der Waals surface area contributed by atoms with Gasteiger partial charge in [-0.1, -0.05) is 39.5 Å². The zero-order chi connectivity index (χ0) is 14.3. The van der Waals surface area contributed by atoms with E-state index in [-0.39, 0.29) is 6.04 Å². The highest BCUT2D eigenvalue weighted by Crippen LogP contribution is 2.24. The minimum atomic E-state index is 0.250. The van der Waals surface area contributed by atoms with Gasteiger partial charge >= 0.3 is 0 Å². The first-order valence-electron chi connectivity index (χ1n) is 7.63. The van der Waals surface area contributed by atoms with E-state index in [0.717, 1.165) is 31.5 Å². The van der Waals surface area contributed by atoms with Crippen molar-refractivity contribution in [3.05, 3.63) is 15.9 Å². The predicted molar refractivity (Wildman–Crippen MR) is 85.4 cm³/mol. The van der Waals surface area contributed by atoms with Crippen LogP contribution >= 0.6 is 15.9 Å². The fraction of sp³-hybridized carbons (Fsp3) is 0.800. The standard InChI is InChI=1S/C15H28BrN3/c1-4-7-8-9-10-12(17)11-14-15(16)13(5-2)18-19(14)6-3/h12H,4-11,17H2,1-3H3. The highest BCUT2D eigenvalue weighted by molar-refractivity contribution is 9.10. The number of rotatable bonds is 9. The number of nitrogens with zero attached hydrogens (tertiary/aromatic N) is 2. The van der Waals surface area contributed by atoms with Crippen molar-refractivity contribution in [2.24, 2.45) is 5.73 Å². The molecule has 19 heavy (non-hydrogen) atoms. The molecule has 2 N–H and O–H groups in total. The van der Waals surface area contributed by atoms with Gasteiger partial charge in [0, 0.05) is 19.0 Å². The molecule has 1 rings (SSSR count). The highest BCUT2D eigenvalue weighted by Gasteiger charge is 2.16. The quantitative estimate of drug-likeness (QED) is 0.694. The largest absolute Gasteiger partial charge is 0.327 e. The van der Waals surface area contributed by atoms with Crippen molar-refractivity contribution >= 4 is 15.9 Å². The van der Waals surface area contributed by atoms with Crippen molar-refractivity contribution in [1.29, 1.82) is 0 Å². The molecular formula is C15H28BrN3. The van der Waals surface area contributed by atoms with E-state index in [1.807, 2.05) is 0 Å².